The summed E-state index contributed by atoms with van der Waals surface area (Å²) in [6, 6.07) is 1.18. The smallest absolute Gasteiger partial charge is 0.219 e. The zero-order chi connectivity index (χ0) is 21.1. The van der Waals surface area contributed by atoms with Gasteiger partial charge in [-0.2, -0.15) is 0 Å². The number of amides is 1. The minimum Gasteiger partial charge on any atom is -0.343 e. The minimum absolute atomic E-state index is 0.226. The summed E-state index contributed by atoms with van der Waals surface area (Å²) in [5.74, 6) is 4.61. The molecular formula is C26H46N2O. The number of hydrogen-bond acceptors (Lipinski definition) is 2. The molecule has 0 radical (unpaired) electrons. The molecule has 4 aliphatic carbocycles. The second-order valence-corrected chi connectivity index (χ2v) is 12.1. The van der Waals surface area contributed by atoms with Crippen LogP contribution in [0.15, 0.2) is 0 Å². The molecule has 0 unspecified atom stereocenters. The highest BCUT2D eigenvalue weighted by Gasteiger charge is 2.61. The van der Waals surface area contributed by atoms with E-state index < -0.39 is 0 Å². The molecule has 0 heterocycles. The third-order valence-electron chi connectivity index (χ3n) is 11.1. The third-order valence-corrected chi connectivity index (χ3v) is 11.1. The van der Waals surface area contributed by atoms with Crippen molar-refractivity contribution in [2.45, 2.75) is 97.6 Å². The van der Waals surface area contributed by atoms with Gasteiger partial charge in [0.2, 0.25) is 5.91 Å². The standard InChI is InChI=1S/C26H46N2O/c1-17(28(7)18(2)29)22-10-11-23-21-9-8-19-16-20(27(5)6)12-14-25(19,3)24(21)13-15-26(22,23)4/h17,19-24H,8-16H2,1-7H3/t17-,19-,20+,21-,22+,23-,24-,25-,26+/m0/s1. The maximum Gasteiger partial charge on any atom is 0.219 e. The second-order valence-electron chi connectivity index (χ2n) is 12.1. The molecule has 0 bridgehead atoms. The first kappa shape index (κ1) is 21.7. The molecule has 4 aliphatic rings. The largest absolute Gasteiger partial charge is 0.343 e. The highest BCUT2D eigenvalue weighted by molar-refractivity contribution is 5.73. The number of carbonyl (C=O) groups excluding carboxylic acids is 1. The van der Waals surface area contributed by atoms with Crippen LogP contribution < -0.4 is 0 Å². The van der Waals surface area contributed by atoms with Gasteiger partial charge in [0.1, 0.15) is 0 Å². The van der Waals surface area contributed by atoms with E-state index in [2.05, 4.69) is 39.8 Å². The Kier molecular flexibility index (Phi) is 5.63. The fraction of sp³-hybridized carbons (Fsp3) is 0.962. The van der Waals surface area contributed by atoms with Gasteiger partial charge in [-0.25, -0.2) is 0 Å². The first-order valence-corrected chi connectivity index (χ1v) is 12.5. The average molecular weight is 403 g/mol. The van der Waals surface area contributed by atoms with E-state index in [4.69, 9.17) is 0 Å². The Morgan fingerprint density at radius 3 is 2.21 bits per heavy atom. The molecule has 0 aromatic heterocycles. The molecule has 0 aromatic carbocycles. The maximum absolute atomic E-state index is 12.0. The van der Waals surface area contributed by atoms with Gasteiger partial charge in [0.15, 0.2) is 0 Å². The van der Waals surface area contributed by atoms with Crippen molar-refractivity contribution in [2.75, 3.05) is 21.1 Å². The van der Waals surface area contributed by atoms with Crippen molar-refractivity contribution in [3.63, 3.8) is 0 Å². The van der Waals surface area contributed by atoms with Crippen LogP contribution in [0.1, 0.15) is 85.5 Å². The first-order valence-electron chi connectivity index (χ1n) is 12.5. The molecule has 0 saturated heterocycles. The summed E-state index contributed by atoms with van der Waals surface area (Å²) in [5.41, 5.74) is 1.02. The summed E-state index contributed by atoms with van der Waals surface area (Å²) < 4.78 is 0. The van der Waals surface area contributed by atoms with Crippen LogP contribution in [0.3, 0.4) is 0 Å². The Hall–Kier alpha value is -0.570. The van der Waals surface area contributed by atoms with Crippen LogP contribution in [0.25, 0.3) is 0 Å². The fourth-order valence-corrected chi connectivity index (χ4v) is 9.09. The van der Waals surface area contributed by atoms with Crippen molar-refractivity contribution in [3.05, 3.63) is 0 Å². The molecular weight excluding hydrogens is 356 g/mol. The van der Waals surface area contributed by atoms with Crippen molar-refractivity contribution in [1.82, 2.24) is 9.80 Å². The van der Waals surface area contributed by atoms with Crippen molar-refractivity contribution in [1.29, 1.82) is 0 Å². The third kappa shape index (κ3) is 3.29. The SMILES string of the molecule is CC(=O)N(C)[C@@H](C)[C@H]1CC[C@H]2[C@@H]3CC[C@H]4C[C@H](N(C)C)CC[C@]4(C)[C@H]3CC[C@]12C. The fourth-order valence-electron chi connectivity index (χ4n) is 9.09. The van der Waals surface area contributed by atoms with E-state index in [0.717, 1.165) is 29.7 Å². The zero-order valence-electron chi connectivity index (χ0n) is 20.2. The molecule has 4 saturated carbocycles. The van der Waals surface area contributed by atoms with Crippen LogP contribution in [0.4, 0.5) is 0 Å². The summed E-state index contributed by atoms with van der Waals surface area (Å²) in [6.07, 6.45) is 12.7. The van der Waals surface area contributed by atoms with Crippen molar-refractivity contribution >= 4 is 5.91 Å². The number of carbonyl (C=O) groups is 1. The van der Waals surface area contributed by atoms with Gasteiger partial charge in [-0.15, -0.1) is 0 Å². The molecule has 3 heteroatoms. The Morgan fingerprint density at radius 1 is 0.897 bits per heavy atom. The monoisotopic (exact) mass is 402 g/mol. The lowest BCUT2D eigenvalue weighted by molar-refractivity contribution is -0.135. The van der Waals surface area contributed by atoms with Gasteiger partial charge in [0, 0.05) is 26.1 Å². The van der Waals surface area contributed by atoms with Gasteiger partial charge in [0.05, 0.1) is 0 Å². The molecule has 0 aromatic rings. The molecule has 0 spiro atoms. The van der Waals surface area contributed by atoms with Crippen molar-refractivity contribution in [2.24, 2.45) is 40.4 Å². The van der Waals surface area contributed by atoms with Crippen LogP contribution in [0, 0.1) is 40.4 Å². The van der Waals surface area contributed by atoms with E-state index in [-0.39, 0.29) is 5.91 Å². The number of rotatable bonds is 3. The summed E-state index contributed by atoms with van der Waals surface area (Å²) in [7, 11) is 6.58. The van der Waals surface area contributed by atoms with Gasteiger partial charge < -0.3 is 9.80 Å². The van der Waals surface area contributed by atoms with E-state index in [1.807, 2.05) is 11.9 Å². The normalized spacial score (nSPS) is 47.9. The summed E-state index contributed by atoms with van der Waals surface area (Å²) in [4.78, 5) is 16.5. The highest BCUT2D eigenvalue weighted by atomic mass is 16.2. The number of nitrogens with zero attached hydrogens (tertiary/aromatic N) is 2. The van der Waals surface area contributed by atoms with E-state index in [1.54, 1.807) is 6.92 Å². The maximum atomic E-state index is 12.0. The highest BCUT2D eigenvalue weighted by Crippen LogP contribution is 2.68. The number of hydrogen-bond donors (Lipinski definition) is 0. The average Bonchev–Trinajstić information content (AvgIpc) is 3.03. The molecule has 4 fully saturated rings. The van der Waals surface area contributed by atoms with Crippen LogP contribution >= 0.6 is 0 Å². The van der Waals surface area contributed by atoms with Gasteiger partial charge in [0.25, 0.3) is 0 Å². The van der Waals surface area contributed by atoms with Crippen LogP contribution in [0.2, 0.25) is 0 Å². The lowest BCUT2D eigenvalue weighted by Gasteiger charge is -2.62. The van der Waals surface area contributed by atoms with Gasteiger partial charge >= 0.3 is 0 Å². The van der Waals surface area contributed by atoms with Crippen LogP contribution in [-0.4, -0.2) is 48.9 Å². The molecule has 29 heavy (non-hydrogen) atoms. The molecule has 166 valence electrons. The van der Waals surface area contributed by atoms with E-state index in [9.17, 15) is 4.79 Å². The predicted molar refractivity (Wildman–Crippen MR) is 121 cm³/mol. The topological polar surface area (TPSA) is 23.6 Å². The van der Waals surface area contributed by atoms with E-state index in [0.29, 0.717) is 22.8 Å². The van der Waals surface area contributed by atoms with Crippen LogP contribution in [-0.2, 0) is 4.79 Å². The van der Waals surface area contributed by atoms with Crippen molar-refractivity contribution in [3.8, 4) is 0 Å². The van der Waals surface area contributed by atoms with Crippen molar-refractivity contribution < 1.29 is 4.79 Å². The lowest BCUT2D eigenvalue weighted by atomic mass is 9.44. The molecule has 0 aliphatic heterocycles. The predicted octanol–water partition coefficient (Wildman–Crippen LogP) is 5.44. The zero-order valence-corrected chi connectivity index (χ0v) is 20.2. The molecule has 1 amide bonds. The van der Waals surface area contributed by atoms with E-state index >= 15 is 0 Å². The summed E-state index contributed by atoms with van der Waals surface area (Å²) in [6.45, 7) is 9.33. The molecule has 9 atom stereocenters. The Morgan fingerprint density at radius 2 is 1.55 bits per heavy atom. The second kappa shape index (κ2) is 7.53. The minimum atomic E-state index is 0.226. The Labute approximate surface area is 180 Å². The van der Waals surface area contributed by atoms with E-state index in [1.165, 1.54) is 57.8 Å². The quantitative estimate of drug-likeness (QED) is 0.627. The first-order chi connectivity index (χ1) is 13.6. The Bertz CT molecular complexity index is 632. The van der Waals surface area contributed by atoms with Gasteiger partial charge in [-0.1, -0.05) is 13.8 Å². The van der Waals surface area contributed by atoms with Gasteiger partial charge in [-0.05, 0) is 119 Å². The Balaban J connectivity index is 1.53. The summed E-state index contributed by atoms with van der Waals surface area (Å²) >= 11 is 0. The molecule has 0 N–H and O–H groups in total. The lowest BCUT2D eigenvalue weighted by Crippen LogP contribution is -2.56. The van der Waals surface area contributed by atoms with Gasteiger partial charge in [-0.3, -0.25) is 4.79 Å². The number of fused-ring (bicyclic) bond motifs is 5. The molecule has 3 nitrogen and oxygen atoms in total. The molecule has 4 rings (SSSR count). The van der Waals surface area contributed by atoms with Crippen LogP contribution in [0.5, 0.6) is 0 Å². The summed E-state index contributed by atoms with van der Waals surface area (Å²) in [5, 5.41) is 0.